The Morgan fingerprint density at radius 2 is 0.470 bits per heavy atom. The molecule has 524 valence electrons. The Morgan fingerprint density at radius 3 is 0.780 bits per heavy atom. The van der Waals surface area contributed by atoms with Crippen molar-refractivity contribution < 1.29 is 81.3 Å². The third kappa shape index (κ3) is 21.2. The number of ether oxygens (including phenoxy) is 15. The standard InChI is InChI=1S/C83H90O17/c84-46-47-89-79-77(93-54-66-40-22-7-23-41-66)74(100-83-80(95-56-68-44-26-9-27-45-68)75(91-52-64-36-18-5-19-37-64)72(90-51-63-34-16-4-17-35-63)69(97-83)57-86-48-60-28-10-1-11-29-60)71(59-88-50-62-32-14-3-15-33-62)98-82(79)99-73-70(58-87-49-61-30-12-2-13-31-61)96-81(85)78(94-55-67-42-24-8-25-43-67)76(73)92-53-65-38-20-6-21-39-65/h1-45,69-85H,46-59H2/t69-,70-,71-,72+,73-,74+,75-,76+,77+,78-,79-,80-,81-,82+,83-/m1/s1. The fourth-order valence-electron chi connectivity index (χ4n) is 12.6. The molecule has 17 nitrogen and oxygen atoms in total. The molecule has 9 aromatic rings. The van der Waals surface area contributed by atoms with E-state index >= 15 is 0 Å². The van der Waals surface area contributed by atoms with Crippen molar-refractivity contribution in [3.8, 4) is 0 Å². The van der Waals surface area contributed by atoms with E-state index in [-0.39, 0.29) is 92.5 Å². The number of hydrogen-bond acceptors (Lipinski definition) is 17. The predicted octanol–water partition coefficient (Wildman–Crippen LogP) is 12.5. The number of rotatable bonds is 37. The maximum Gasteiger partial charge on any atom is 0.187 e. The lowest BCUT2D eigenvalue weighted by atomic mass is 9.95. The lowest BCUT2D eigenvalue weighted by Crippen LogP contribution is -2.68. The van der Waals surface area contributed by atoms with Crippen LogP contribution >= 0.6 is 0 Å². The van der Waals surface area contributed by atoms with E-state index in [4.69, 9.17) is 71.1 Å². The van der Waals surface area contributed by atoms with Gasteiger partial charge in [-0.2, -0.15) is 0 Å². The summed E-state index contributed by atoms with van der Waals surface area (Å²) in [5.41, 5.74) is 8.18. The van der Waals surface area contributed by atoms with E-state index < -0.39 is 92.1 Å². The molecular formula is C83H90O17. The summed E-state index contributed by atoms with van der Waals surface area (Å²) in [5.74, 6) is 0. The summed E-state index contributed by atoms with van der Waals surface area (Å²) < 4.78 is 106. The average molecular weight is 1360 g/mol. The van der Waals surface area contributed by atoms with Crippen molar-refractivity contribution in [1.82, 2.24) is 0 Å². The van der Waals surface area contributed by atoms with Crippen molar-refractivity contribution in [3.05, 3.63) is 323 Å². The first-order valence-corrected chi connectivity index (χ1v) is 34.4. The Kier molecular flexibility index (Phi) is 28.1. The summed E-state index contributed by atoms with van der Waals surface area (Å²) in [4.78, 5) is 0. The van der Waals surface area contributed by atoms with Crippen molar-refractivity contribution in [3.63, 3.8) is 0 Å². The number of aliphatic hydroxyl groups is 2. The average Bonchev–Trinajstić information content (AvgIpc) is 0.766. The van der Waals surface area contributed by atoms with Gasteiger partial charge in [0.1, 0.15) is 73.2 Å². The van der Waals surface area contributed by atoms with Gasteiger partial charge in [0.15, 0.2) is 18.9 Å². The van der Waals surface area contributed by atoms with E-state index in [0.29, 0.717) is 0 Å². The molecule has 0 radical (unpaired) electrons. The minimum absolute atomic E-state index is 0.0552. The molecule has 3 aliphatic rings. The molecule has 3 aliphatic heterocycles. The van der Waals surface area contributed by atoms with Crippen LogP contribution in [0.5, 0.6) is 0 Å². The molecule has 15 atom stereocenters. The van der Waals surface area contributed by atoms with Crippen LogP contribution in [0.2, 0.25) is 0 Å². The van der Waals surface area contributed by atoms with Gasteiger partial charge in [0.25, 0.3) is 0 Å². The second-order valence-electron chi connectivity index (χ2n) is 25.0. The van der Waals surface area contributed by atoms with E-state index in [1.165, 1.54) is 0 Å². The van der Waals surface area contributed by atoms with Crippen molar-refractivity contribution in [2.75, 3.05) is 33.0 Å². The van der Waals surface area contributed by atoms with Crippen LogP contribution in [-0.2, 0) is 131 Å². The molecule has 100 heavy (non-hydrogen) atoms. The van der Waals surface area contributed by atoms with Crippen LogP contribution in [-0.4, -0.2) is 135 Å². The Balaban J connectivity index is 0.957. The van der Waals surface area contributed by atoms with Gasteiger partial charge in [0.05, 0.1) is 92.5 Å². The van der Waals surface area contributed by atoms with Crippen LogP contribution in [0, 0.1) is 0 Å². The fourth-order valence-corrected chi connectivity index (χ4v) is 12.6. The molecule has 17 heteroatoms. The fraction of sp³-hybridized carbons (Fsp3) is 0.349. The van der Waals surface area contributed by atoms with Crippen molar-refractivity contribution in [1.29, 1.82) is 0 Å². The summed E-state index contributed by atoms with van der Waals surface area (Å²) >= 11 is 0. The SMILES string of the molecule is OCCO[C@H]1[C@H](O[C@H]2[C@H](OCc3ccccc3)[C@@H](OCc3ccccc3)[C@H](O)O[C@@H]2COCc2ccccc2)O[C@H](COCc2ccccc2)[C@H](O[C@H]2O[C@H](COCc3ccccc3)[C@H](OCc3ccccc3)[C@@H](OCc3ccccc3)[C@H]2OCc2ccccc2)[C@@H]1OCc1ccccc1. The van der Waals surface area contributed by atoms with Crippen LogP contribution in [0.1, 0.15) is 50.1 Å². The zero-order chi connectivity index (χ0) is 68.2. The van der Waals surface area contributed by atoms with Crippen LogP contribution < -0.4 is 0 Å². The molecule has 0 aromatic heterocycles. The Bertz CT molecular complexity index is 3660. The molecule has 3 heterocycles. The van der Waals surface area contributed by atoms with Gasteiger partial charge in [-0.3, -0.25) is 0 Å². The van der Waals surface area contributed by atoms with Crippen molar-refractivity contribution >= 4 is 0 Å². The van der Waals surface area contributed by atoms with E-state index in [0.717, 1.165) is 50.1 Å². The minimum Gasteiger partial charge on any atom is -0.394 e. The molecule has 3 saturated heterocycles. The maximum atomic E-state index is 12.3. The summed E-state index contributed by atoms with van der Waals surface area (Å²) in [6.45, 7) is 0.857. The minimum atomic E-state index is -1.51. The lowest BCUT2D eigenvalue weighted by Gasteiger charge is -2.51. The summed E-state index contributed by atoms with van der Waals surface area (Å²) in [6, 6.07) is 88.7. The highest BCUT2D eigenvalue weighted by Gasteiger charge is 2.57. The first kappa shape index (κ1) is 72.1. The van der Waals surface area contributed by atoms with Gasteiger partial charge < -0.3 is 81.3 Å². The van der Waals surface area contributed by atoms with Gasteiger partial charge in [0.2, 0.25) is 0 Å². The number of benzene rings is 9. The summed E-state index contributed by atoms with van der Waals surface area (Å²) in [7, 11) is 0. The van der Waals surface area contributed by atoms with Crippen molar-refractivity contribution in [2.45, 2.75) is 152 Å². The second-order valence-corrected chi connectivity index (χ2v) is 25.0. The van der Waals surface area contributed by atoms with Crippen LogP contribution in [0.15, 0.2) is 273 Å². The third-order valence-electron chi connectivity index (χ3n) is 17.7. The molecule has 9 aromatic carbocycles. The topological polar surface area (TPSA) is 179 Å². The van der Waals surface area contributed by atoms with Gasteiger partial charge in [-0.25, -0.2) is 0 Å². The quantitative estimate of drug-likeness (QED) is 0.0375. The number of aliphatic hydroxyl groups excluding tert-OH is 2. The van der Waals surface area contributed by atoms with Gasteiger partial charge in [-0.15, -0.1) is 0 Å². The Hall–Kier alpha value is -7.70. The van der Waals surface area contributed by atoms with E-state index in [2.05, 4.69) is 0 Å². The van der Waals surface area contributed by atoms with Gasteiger partial charge in [-0.05, 0) is 50.1 Å². The monoisotopic (exact) mass is 1360 g/mol. The highest BCUT2D eigenvalue weighted by atomic mass is 16.8. The predicted molar refractivity (Wildman–Crippen MR) is 373 cm³/mol. The number of hydrogen-bond donors (Lipinski definition) is 2. The van der Waals surface area contributed by atoms with Gasteiger partial charge in [0, 0.05) is 0 Å². The van der Waals surface area contributed by atoms with Crippen LogP contribution in [0.3, 0.4) is 0 Å². The Labute approximate surface area is 586 Å². The van der Waals surface area contributed by atoms with E-state index in [1.807, 2.05) is 273 Å². The molecule has 0 saturated carbocycles. The molecule has 12 rings (SSSR count). The molecule has 0 amide bonds. The van der Waals surface area contributed by atoms with Gasteiger partial charge in [-0.1, -0.05) is 273 Å². The van der Waals surface area contributed by atoms with Crippen LogP contribution in [0.4, 0.5) is 0 Å². The molecule has 0 spiro atoms. The van der Waals surface area contributed by atoms with Gasteiger partial charge >= 0.3 is 0 Å². The lowest BCUT2D eigenvalue weighted by molar-refractivity contribution is -0.393. The molecule has 0 aliphatic carbocycles. The van der Waals surface area contributed by atoms with Crippen molar-refractivity contribution in [2.24, 2.45) is 0 Å². The van der Waals surface area contributed by atoms with Crippen LogP contribution in [0.25, 0.3) is 0 Å². The summed E-state index contributed by atoms with van der Waals surface area (Å²) in [6.07, 6.45) is -16.5. The van der Waals surface area contributed by atoms with E-state index in [1.54, 1.807) is 0 Å². The Morgan fingerprint density at radius 1 is 0.240 bits per heavy atom. The highest BCUT2D eigenvalue weighted by molar-refractivity contribution is 5.21. The third-order valence-corrected chi connectivity index (χ3v) is 17.7. The summed E-state index contributed by atoms with van der Waals surface area (Å²) in [5, 5.41) is 23.1. The molecular weight excluding hydrogens is 1270 g/mol. The first-order chi connectivity index (χ1) is 49.5. The molecule has 2 N–H and O–H groups in total. The first-order valence-electron chi connectivity index (χ1n) is 34.4. The zero-order valence-corrected chi connectivity index (χ0v) is 56.1. The van der Waals surface area contributed by atoms with E-state index in [9.17, 15) is 10.2 Å². The zero-order valence-electron chi connectivity index (χ0n) is 56.1. The highest BCUT2D eigenvalue weighted by Crippen LogP contribution is 2.39. The largest absolute Gasteiger partial charge is 0.394 e. The molecule has 3 fully saturated rings. The molecule has 0 unspecified atom stereocenters. The second kappa shape index (κ2) is 38.9. The molecule has 0 bridgehead atoms. The normalized spacial score (nSPS) is 25.3. The smallest absolute Gasteiger partial charge is 0.187 e. The maximum absolute atomic E-state index is 12.3.